The van der Waals surface area contributed by atoms with Gasteiger partial charge in [0.2, 0.25) is 0 Å². The number of benzene rings is 1. The SMILES string of the molecule is O=C(O)c1ccc(NC(I)C(=O)O)cc1. The van der Waals surface area contributed by atoms with Gasteiger partial charge in [-0.15, -0.1) is 0 Å². The van der Waals surface area contributed by atoms with E-state index in [1.54, 1.807) is 22.6 Å². The quantitative estimate of drug-likeness (QED) is 0.446. The van der Waals surface area contributed by atoms with Crippen molar-refractivity contribution in [1.82, 2.24) is 0 Å². The Labute approximate surface area is 99.2 Å². The van der Waals surface area contributed by atoms with Gasteiger partial charge >= 0.3 is 11.9 Å². The second-order valence-electron chi connectivity index (χ2n) is 2.73. The molecule has 80 valence electrons. The van der Waals surface area contributed by atoms with E-state index in [9.17, 15) is 9.59 Å². The smallest absolute Gasteiger partial charge is 0.336 e. The summed E-state index contributed by atoms with van der Waals surface area (Å²) in [6.45, 7) is 0. The number of carboxylic acids is 2. The molecule has 0 heterocycles. The second kappa shape index (κ2) is 4.96. The zero-order valence-corrected chi connectivity index (χ0v) is 9.63. The Hall–Kier alpha value is -1.31. The molecule has 0 radical (unpaired) electrons. The van der Waals surface area contributed by atoms with Gasteiger partial charge in [0.15, 0.2) is 4.05 Å². The van der Waals surface area contributed by atoms with Crippen molar-refractivity contribution in [3.05, 3.63) is 29.8 Å². The van der Waals surface area contributed by atoms with E-state index in [1.165, 1.54) is 24.3 Å². The Balaban J connectivity index is 2.72. The van der Waals surface area contributed by atoms with Crippen LogP contribution in [0.1, 0.15) is 10.4 Å². The standard InChI is InChI=1S/C9H8INO4/c10-7(9(14)15)11-6-3-1-5(2-4-6)8(12)13/h1-4,7,11H,(H,12,13)(H,14,15). The number of carboxylic acid groups (broad SMARTS) is 2. The molecule has 1 aromatic rings. The minimum atomic E-state index is -1.01. The van der Waals surface area contributed by atoms with Crippen LogP contribution in [0.25, 0.3) is 0 Å². The Morgan fingerprint density at radius 1 is 1.20 bits per heavy atom. The zero-order chi connectivity index (χ0) is 11.4. The number of rotatable bonds is 4. The van der Waals surface area contributed by atoms with E-state index in [1.807, 2.05) is 0 Å². The molecule has 1 atom stereocenters. The molecule has 0 bridgehead atoms. The van der Waals surface area contributed by atoms with Crippen molar-refractivity contribution in [2.75, 3.05) is 5.32 Å². The van der Waals surface area contributed by atoms with Gasteiger partial charge in [-0.25, -0.2) is 9.59 Å². The third kappa shape index (κ3) is 3.39. The third-order valence-electron chi connectivity index (χ3n) is 1.64. The molecule has 0 aliphatic rings. The van der Waals surface area contributed by atoms with E-state index >= 15 is 0 Å². The molecule has 1 aromatic carbocycles. The number of anilines is 1. The number of nitrogens with one attached hydrogen (secondary N) is 1. The fourth-order valence-corrected chi connectivity index (χ4v) is 1.28. The van der Waals surface area contributed by atoms with Crippen LogP contribution in [0.5, 0.6) is 0 Å². The summed E-state index contributed by atoms with van der Waals surface area (Å²) in [6.07, 6.45) is 0. The number of aliphatic carboxylic acids is 1. The topological polar surface area (TPSA) is 86.6 Å². The largest absolute Gasteiger partial charge is 0.479 e. The molecular weight excluding hydrogens is 313 g/mol. The van der Waals surface area contributed by atoms with Crippen molar-refractivity contribution in [2.45, 2.75) is 4.05 Å². The lowest BCUT2D eigenvalue weighted by Crippen LogP contribution is -2.21. The molecule has 0 fully saturated rings. The molecule has 0 spiro atoms. The summed E-state index contributed by atoms with van der Waals surface area (Å²) in [5, 5.41) is 20.0. The second-order valence-corrected chi connectivity index (χ2v) is 3.97. The average molecular weight is 321 g/mol. The van der Waals surface area contributed by atoms with Crippen LogP contribution < -0.4 is 5.32 Å². The van der Waals surface area contributed by atoms with Crippen LogP contribution in [0.4, 0.5) is 5.69 Å². The van der Waals surface area contributed by atoms with E-state index < -0.39 is 16.0 Å². The van der Waals surface area contributed by atoms with Gasteiger partial charge in [-0.05, 0) is 46.9 Å². The summed E-state index contributed by atoms with van der Waals surface area (Å²) in [5.74, 6) is -1.98. The third-order valence-corrected chi connectivity index (χ3v) is 2.49. The predicted molar refractivity (Wildman–Crippen MR) is 62.5 cm³/mol. The van der Waals surface area contributed by atoms with Gasteiger partial charge in [0.1, 0.15) is 0 Å². The van der Waals surface area contributed by atoms with Crippen molar-refractivity contribution in [3.63, 3.8) is 0 Å². The highest BCUT2D eigenvalue weighted by atomic mass is 127. The number of aromatic carboxylic acids is 1. The van der Waals surface area contributed by atoms with E-state index in [-0.39, 0.29) is 5.56 Å². The fourth-order valence-electron chi connectivity index (χ4n) is 0.917. The van der Waals surface area contributed by atoms with Crippen molar-refractivity contribution < 1.29 is 19.8 Å². The van der Waals surface area contributed by atoms with Gasteiger partial charge in [0.25, 0.3) is 0 Å². The maximum Gasteiger partial charge on any atom is 0.336 e. The maximum absolute atomic E-state index is 10.5. The predicted octanol–water partition coefficient (Wildman–Crippen LogP) is 1.64. The van der Waals surface area contributed by atoms with Crippen LogP contribution in [0, 0.1) is 0 Å². The minimum absolute atomic E-state index is 0.167. The van der Waals surface area contributed by atoms with Gasteiger partial charge in [-0.2, -0.15) is 0 Å². The van der Waals surface area contributed by atoms with Crippen molar-refractivity contribution in [1.29, 1.82) is 0 Å². The maximum atomic E-state index is 10.5. The summed E-state index contributed by atoms with van der Waals surface area (Å²) in [4.78, 5) is 21.0. The molecular formula is C9H8INO4. The van der Waals surface area contributed by atoms with E-state index in [4.69, 9.17) is 10.2 Å². The first-order valence-electron chi connectivity index (χ1n) is 3.97. The summed E-state index contributed by atoms with van der Waals surface area (Å²) in [6, 6.07) is 5.88. The van der Waals surface area contributed by atoms with Gasteiger partial charge in [0, 0.05) is 5.69 Å². The lowest BCUT2D eigenvalue weighted by atomic mass is 10.2. The highest BCUT2D eigenvalue weighted by Gasteiger charge is 2.12. The molecule has 1 unspecified atom stereocenters. The van der Waals surface area contributed by atoms with Crippen molar-refractivity contribution >= 4 is 40.2 Å². The van der Waals surface area contributed by atoms with Crippen LogP contribution in [0.2, 0.25) is 0 Å². The highest BCUT2D eigenvalue weighted by molar-refractivity contribution is 14.1. The number of halogens is 1. The normalized spacial score (nSPS) is 11.8. The molecule has 0 aliphatic heterocycles. The van der Waals surface area contributed by atoms with E-state index in [0.29, 0.717) is 5.69 Å². The number of hydrogen-bond acceptors (Lipinski definition) is 3. The lowest BCUT2D eigenvalue weighted by molar-refractivity contribution is -0.135. The highest BCUT2D eigenvalue weighted by Crippen LogP contribution is 2.13. The van der Waals surface area contributed by atoms with Crippen LogP contribution in [0.15, 0.2) is 24.3 Å². The molecule has 0 saturated carbocycles. The molecule has 6 heteroatoms. The molecule has 3 N–H and O–H groups in total. The van der Waals surface area contributed by atoms with Gasteiger partial charge < -0.3 is 15.5 Å². The van der Waals surface area contributed by atoms with Gasteiger partial charge in [-0.1, -0.05) is 0 Å². The number of alkyl halides is 1. The molecule has 1 rings (SSSR count). The first-order valence-corrected chi connectivity index (χ1v) is 5.22. The Kier molecular flexibility index (Phi) is 3.89. The number of carbonyl (C=O) groups is 2. The molecule has 0 aliphatic carbocycles. The summed E-state index contributed by atoms with van der Waals surface area (Å²) < 4.78 is -0.738. The summed E-state index contributed by atoms with van der Waals surface area (Å²) in [7, 11) is 0. The van der Waals surface area contributed by atoms with Crippen LogP contribution in [-0.4, -0.2) is 26.2 Å². The fraction of sp³-hybridized carbons (Fsp3) is 0.111. The molecule has 0 saturated heterocycles. The molecule has 0 amide bonds. The Bertz CT molecular complexity index is 376. The van der Waals surface area contributed by atoms with Gasteiger partial charge in [-0.3, -0.25) is 0 Å². The van der Waals surface area contributed by atoms with Crippen LogP contribution in [-0.2, 0) is 4.79 Å². The monoisotopic (exact) mass is 321 g/mol. The van der Waals surface area contributed by atoms with Crippen molar-refractivity contribution in [3.8, 4) is 0 Å². The Morgan fingerprint density at radius 2 is 1.73 bits per heavy atom. The zero-order valence-electron chi connectivity index (χ0n) is 7.48. The Morgan fingerprint density at radius 3 is 2.13 bits per heavy atom. The summed E-state index contributed by atoms with van der Waals surface area (Å²) >= 11 is 1.73. The van der Waals surface area contributed by atoms with E-state index in [0.717, 1.165) is 0 Å². The first-order chi connectivity index (χ1) is 7.00. The van der Waals surface area contributed by atoms with Crippen LogP contribution >= 0.6 is 22.6 Å². The lowest BCUT2D eigenvalue weighted by Gasteiger charge is -2.08. The van der Waals surface area contributed by atoms with Crippen LogP contribution in [0.3, 0.4) is 0 Å². The van der Waals surface area contributed by atoms with Gasteiger partial charge in [0.05, 0.1) is 5.56 Å². The molecule has 5 nitrogen and oxygen atoms in total. The first kappa shape index (κ1) is 11.8. The average Bonchev–Trinajstić information content (AvgIpc) is 2.18. The van der Waals surface area contributed by atoms with E-state index in [2.05, 4.69) is 5.32 Å². The number of hydrogen-bond donors (Lipinski definition) is 3. The van der Waals surface area contributed by atoms with Crippen molar-refractivity contribution in [2.24, 2.45) is 0 Å². The minimum Gasteiger partial charge on any atom is -0.479 e. The summed E-state index contributed by atoms with van der Waals surface area (Å²) in [5.41, 5.74) is 0.739. The molecule has 0 aromatic heterocycles. The molecule has 15 heavy (non-hydrogen) atoms.